The van der Waals surface area contributed by atoms with E-state index < -0.39 is 0 Å². The molecule has 3 unspecified atom stereocenters. The molecule has 4 heteroatoms. The fourth-order valence-electron chi connectivity index (χ4n) is 2.95. The minimum Gasteiger partial charge on any atom is -0.341 e. The van der Waals surface area contributed by atoms with E-state index in [4.69, 9.17) is 0 Å². The molecule has 2 saturated heterocycles. The Balaban J connectivity index is 1.89. The highest BCUT2D eigenvalue weighted by Crippen LogP contribution is 2.23. The Hall–Kier alpha value is -0.610. The first-order valence-corrected chi connectivity index (χ1v) is 7.33. The van der Waals surface area contributed by atoms with E-state index in [1.54, 1.807) is 0 Å². The molecule has 0 saturated carbocycles. The van der Waals surface area contributed by atoms with Crippen LogP contribution in [-0.4, -0.2) is 61.0 Å². The molecule has 2 aliphatic rings. The van der Waals surface area contributed by atoms with Crippen molar-refractivity contribution in [1.82, 2.24) is 15.1 Å². The zero-order valence-electron chi connectivity index (χ0n) is 12.0. The topological polar surface area (TPSA) is 35.6 Å². The molecule has 0 radical (unpaired) electrons. The molecule has 1 amide bonds. The fraction of sp³-hybridized carbons (Fsp3) is 0.929. The summed E-state index contributed by atoms with van der Waals surface area (Å²) in [6.45, 7) is 12.5. The zero-order valence-corrected chi connectivity index (χ0v) is 12.0. The van der Waals surface area contributed by atoms with Crippen LogP contribution < -0.4 is 5.32 Å². The average Bonchev–Trinajstić information content (AvgIpc) is 2.41. The standard InChI is InChI=1S/C14H27N3O/c1-11-4-7-17(10-12(11)2)14(18)13(3)16-8-5-15-6-9-16/h11-13,15H,4-10H2,1-3H3. The molecule has 2 heterocycles. The smallest absolute Gasteiger partial charge is 0.239 e. The summed E-state index contributed by atoms with van der Waals surface area (Å²) in [4.78, 5) is 16.9. The summed E-state index contributed by atoms with van der Waals surface area (Å²) in [5.41, 5.74) is 0. The lowest BCUT2D eigenvalue weighted by Crippen LogP contribution is -2.55. The van der Waals surface area contributed by atoms with E-state index in [2.05, 4.69) is 35.9 Å². The molecule has 3 atom stereocenters. The Labute approximate surface area is 111 Å². The minimum absolute atomic E-state index is 0.0488. The van der Waals surface area contributed by atoms with Crippen molar-refractivity contribution in [2.45, 2.75) is 33.2 Å². The predicted octanol–water partition coefficient (Wildman–Crippen LogP) is 0.785. The first-order chi connectivity index (χ1) is 8.59. The SMILES string of the molecule is CC1CCN(C(=O)C(C)N2CCNCC2)CC1C. The molecule has 104 valence electrons. The zero-order chi connectivity index (χ0) is 13.1. The van der Waals surface area contributed by atoms with Crippen LogP contribution in [-0.2, 0) is 4.79 Å². The van der Waals surface area contributed by atoms with Gasteiger partial charge in [0.25, 0.3) is 0 Å². The van der Waals surface area contributed by atoms with Crippen LogP contribution >= 0.6 is 0 Å². The van der Waals surface area contributed by atoms with Crippen LogP contribution in [0.4, 0.5) is 0 Å². The van der Waals surface area contributed by atoms with Gasteiger partial charge in [-0.2, -0.15) is 0 Å². The van der Waals surface area contributed by atoms with Gasteiger partial charge in [-0.3, -0.25) is 9.69 Å². The van der Waals surface area contributed by atoms with Gasteiger partial charge in [0.2, 0.25) is 5.91 Å². The van der Waals surface area contributed by atoms with Crippen molar-refractivity contribution in [3.8, 4) is 0 Å². The van der Waals surface area contributed by atoms with Gasteiger partial charge in [-0.05, 0) is 25.2 Å². The van der Waals surface area contributed by atoms with Crippen molar-refractivity contribution in [2.75, 3.05) is 39.3 Å². The predicted molar refractivity (Wildman–Crippen MR) is 73.4 cm³/mol. The van der Waals surface area contributed by atoms with Gasteiger partial charge in [-0.25, -0.2) is 0 Å². The van der Waals surface area contributed by atoms with Crippen LogP contribution in [0.25, 0.3) is 0 Å². The van der Waals surface area contributed by atoms with Crippen molar-refractivity contribution in [2.24, 2.45) is 11.8 Å². The second kappa shape index (κ2) is 6.02. The van der Waals surface area contributed by atoms with Gasteiger partial charge in [0.05, 0.1) is 6.04 Å². The Morgan fingerprint density at radius 2 is 1.83 bits per heavy atom. The molecule has 2 fully saturated rings. The Bertz CT molecular complexity index is 285. The number of hydrogen-bond donors (Lipinski definition) is 1. The summed E-state index contributed by atoms with van der Waals surface area (Å²) in [5.74, 6) is 1.72. The molecular weight excluding hydrogens is 226 g/mol. The summed E-state index contributed by atoms with van der Waals surface area (Å²) < 4.78 is 0. The van der Waals surface area contributed by atoms with Gasteiger partial charge in [-0.1, -0.05) is 13.8 Å². The first-order valence-electron chi connectivity index (χ1n) is 7.33. The summed E-state index contributed by atoms with van der Waals surface area (Å²) in [6, 6.07) is 0.0488. The van der Waals surface area contributed by atoms with Crippen LogP contribution in [0.15, 0.2) is 0 Å². The number of rotatable bonds is 2. The van der Waals surface area contributed by atoms with Crippen molar-refractivity contribution < 1.29 is 4.79 Å². The van der Waals surface area contributed by atoms with E-state index >= 15 is 0 Å². The third-order valence-electron chi connectivity index (χ3n) is 4.70. The van der Waals surface area contributed by atoms with Crippen LogP contribution in [0.5, 0.6) is 0 Å². The third-order valence-corrected chi connectivity index (χ3v) is 4.70. The maximum Gasteiger partial charge on any atom is 0.239 e. The molecule has 0 aromatic heterocycles. The summed E-state index contributed by atoms with van der Waals surface area (Å²) in [6.07, 6.45) is 1.15. The fourth-order valence-corrected chi connectivity index (χ4v) is 2.95. The molecule has 4 nitrogen and oxygen atoms in total. The summed E-state index contributed by atoms with van der Waals surface area (Å²) in [5, 5.41) is 3.33. The molecule has 2 rings (SSSR count). The highest BCUT2D eigenvalue weighted by Gasteiger charge is 2.31. The van der Waals surface area contributed by atoms with Crippen molar-refractivity contribution in [3.05, 3.63) is 0 Å². The Kier molecular flexibility index (Phi) is 4.62. The van der Waals surface area contributed by atoms with Gasteiger partial charge in [-0.15, -0.1) is 0 Å². The molecular formula is C14H27N3O. The first kappa shape index (κ1) is 13.8. The summed E-state index contributed by atoms with van der Waals surface area (Å²) >= 11 is 0. The van der Waals surface area contributed by atoms with E-state index in [1.807, 2.05) is 0 Å². The van der Waals surface area contributed by atoms with Gasteiger partial charge in [0, 0.05) is 39.3 Å². The largest absolute Gasteiger partial charge is 0.341 e. The van der Waals surface area contributed by atoms with Gasteiger partial charge in [0.15, 0.2) is 0 Å². The van der Waals surface area contributed by atoms with Crippen LogP contribution in [0.3, 0.4) is 0 Å². The number of likely N-dealkylation sites (tertiary alicyclic amines) is 1. The van der Waals surface area contributed by atoms with E-state index in [9.17, 15) is 4.79 Å². The Morgan fingerprint density at radius 1 is 1.17 bits per heavy atom. The van der Waals surface area contributed by atoms with Gasteiger partial charge < -0.3 is 10.2 Å². The van der Waals surface area contributed by atoms with E-state index in [0.29, 0.717) is 11.8 Å². The second-order valence-electron chi connectivity index (χ2n) is 5.99. The second-order valence-corrected chi connectivity index (χ2v) is 5.99. The van der Waals surface area contributed by atoms with E-state index in [-0.39, 0.29) is 6.04 Å². The van der Waals surface area contributed by atoms with Crippen LogP contribution in [0.2, 0.25) is 0 Å². The maximum atomic E-state index is 12.5. The van der Waals surface area contributed by atoms with Crippen molar-refractivity contribution in [3.63, 3.8) is 0 Å². The molecule has 0 aromatic rings. The number of carbonyl (C=O) groups is 1. The highest BCUT2D eigenvalue weighted by molar-refractivity contribution is 5.81. The van der Waals surface area contributed by atoms with Gasteiger partial charge in [0.1, 0.15) is 0 Å². The molecule has 0 bridgehead atoms. The van der Waals surface area contributed by atoms with Crippen molar-refractivity contribution >= 4 is 5.91 Å². The summed E-state index contributed by atoms with van der Waals surface area (Å²) in [7, 11) is 0. The maximum absolute atomic E-state index is 12.5. The number of nitrogens with zero attached hydrogens (tertiary/aromatic N) is 2. The minimum atomic E-state index is 0.0488. The lowest BCUT2D eigenvalue weighted by molar-refractivity contribution is -0.139. The molecule has 1 N–H and O–H groups in total. The lowest BCUT2D eigenvalue weighted by Gasteiger charge is -2.39. The Morgan fingerprint density at radius 3 is 2.44 bits per heavy atom. The lowest BCUT2D eigenvalue weighted by atomic mass is 9.88. The average molecular weight is 253 g/mol. The number of nitrogens with one attached hydrogen (secondary N) is 1. The van der Waals surface area contributed by atoms with Gasteiger partial charge >= 0.3 is 0 Å². The van der Waals surface area contributed by atoms with E-state index in [0.717, 1.165) is 51.6 Å². The van der Waals surface area contributed by atoms with Crippen LogP contribution in [0.1, 0.15) is 27.2 Å². The quantitative estimate of drug-likeness (QED) is 0.790. The molecule has 18 heavy (non-hydrogen) atoms. The normalized spacial score (nSPS) is 32.3. The molecule has 2 aliphatic heterocycles. The van der Waals surface area contributed by atoms with Crippen molar-refractivity contribution in [1.29, 1.82) is 0 Å². The third kappa shape index (κ3) is 3.04. The molecule has 0 spiro atoms. The molecule has 0 aromatic carbocycles. The molecule has 0 aliphatic carbocycles. The number of carbonyl (C=O) groups excluding carboxylic acids is 1. The number of piperazine rings is 1. The number of amides is 1. The van der Waals surface area contributed by atoms with E-state index in [1.165, 1.54) is 0 Å². The number of piperidine rings is 1. The number of hydrogen-bond acceptors (Lipinski definition) is 3. The van der Waals surface area contributed by atoms with Crippen LogP contribution in [0, 0.1) is 11.8 Å². The monoisotopic (exact) mass is 253 g/mol. The highest BCUT2D eigenvalue weighted by atomic mass is 16.2.